The minimum absolute atomic E-state index is 0.0395. The van der Waals surface area contributed by atoms with E-state index in [1.807, 2.05) is 0 Å². The topological polar surface area (TPSA) is 95.9 Å². The number of ether oxygens (including phenoxy) is 1. The fourth-order valence-electron chi connectivity index (χ4n) is 1.48. The van der Waals surface area contributed by atoms with Crippen LogP contribution < -0.4 is 10.1 Å². The first-order valence-electron chi connectivity index (χ1n) is 5.79. The molecule has 1 aromatic rings. The van der Waals surface area contributed by atoms with Crippen molar-refractivity contribution in [2.75, 3.05) is 6.54 Å². The first-order chi connectivity index (χ1) is 8.90. The van der Waals surface area contributed by atoms with E-state index >= 15 is 0 Å². The number of carbonyl (C=O) groups is 2. The van der Waals surface area contributed by atoms with Crippen LogP contribution in [-0.2, 0) is 9.59 Å². The number of amides is 1. The van der Waals surface area contributed by atoms with Crippen LogP contribution in [-0.4, -0.2) is 34.7 Å². The summed E-state index contributed by atoms with van der Waals surface area (Å²) in [5.74, 6) is -0.352. The molecule has 0 bridgehead atoms. The maximum Gasteiger partial charge on any atom is 0.308 e. The summed E-state index contributed by atoms with van der Waals surface area (Å²) in [4.78, 5) is 21.4. The average molecular weight is 267 g/mol. The maximum absolute atomic E-state index is 10.7. The third-order valence-corrected chi connectivity index (χ3v) is 2.41. The number of benzene rings is 1. The molecule has 0 saturated heterocycles. The molecular weight excluding hydrogens is 250 g/mol. The highest BCUT2D eigenvalue weighted by molar-refractivity contribution is 5.72. The summed E-state index contributed by atoms with van der Waals surface area (Å²) >= 11 is 0. The van der Waals surface area contributed by atoms with Crippen LogP contribution in [0, 0.1) is 0 Å². The Hall–Kier alpha value is -1.92. The number of hydrogen-bond donors (Lipinski definition) is 3. The first kappa shape index (κ1) is 15.1. The summed E-state index contributed by atoms with van der Waals surface area (Å²) in [5, 5.41) is 22.0. The third-order valence-electron chi connectivity index (χ3n) is 2.41. The van der Waals surface area contributed by atoms with Crippen molar-refractivity contribution in [1.29, 1.82) is 0 Å². The lowest BCUT2D eigenvalue weighted by Crippen LogP contribution is -2.34. The molecule has 0 saturated carbocycles. The standard InChI is InChI=1S/C13H17NO5/c1-8(15)14-7-12(17)13(18)10-3-5-11(6-4-10)19-9(2)16/h3-6,12-13,17-18H,7H2,1-2H3,(H,14,15). The van der Waals surface area contributed by atoms with E-state index in [4.69, 9.17) is 4.74 Å². The maximum atomic E-state index is 10.7. The summed E-state index contributed by atoms with van der Waals surface area (Å²) in [6.45, 7) is 2.58. The average Bonchev–Trinajstić information content (AvgIpc) is 2.35. The predicted octanol–water partition coefficient (Wildman–Crippen LogP) is 0.142. The Bertz CT molecular complexity index is 443. The molecule has 19 heavy (non-hydrogen) atoms. The van der Waals surface area contributed by atoms with Gasteiger partial charge in [0, 0.05) is 20.4 Å². The van der Waals surface area contributed by atoms with Gasteiger partial charge in [-0.2, -0.15) is 0 Å². The molecular formula is C13H17NO5. The van der Waals surface area contributed by atoms with E-state index in [1.54, 1.807) is 12.1 Å². The molecule has 0 aliphatic heterocycles. The Labute approximate surface area is 111 Å². The van der Waals surface area contributed by atoms with E-state index in [-0.39, 0.29) is 12.5 Å². The number of rotatable bonds is 5. The highest BCUT2D eigenvalue weighted by Crippen LogP contribution is 2.20. The second-order valence-corrected chi connectivity index (χ2v) is 4.11. The zero-order valence-corrected chi connectivity index (χ0v) is 10.8. The molecule has 6 heteroatoms. The van der Waals surface area contributed by atoms with Gasteiger partial charge in [0.2, 0.25) is 5.91 Å². The second-order valence-electron chi connectivity index (χ2n) is 4.11. The Morgan fingerprint density at radius 1 is 1.21 bits per heavy atom. The van der Waals surface area contributed by atoms with Crippen molar-refractivity contribution in [2.45, 2.75) is 26.1 Å². The highest BCUT2D eigenvalue weighted by Gasteiger charge is 2.18. The molecule has 0 heterocycles. The van der Waals surface area contributed by atoms with Crippen molar-refractivity contribution >= 4 is 11.9 Å². The van der Waals surface area contributed by atoms with Crippen LogP contribution >= 0.6 is 0 Å². The number of aliphatic hydroxyl groups excluding tert-OH is 2. The quantitative estimate of drug-likeness (QED) is 0.521. The molecule has 1 aromatic carbocycles. The number of aliphatic hydroxyl groups is 2. The summed E-state index contributed by atoms with van der Waals surface area (Å²) in [7, 11) is 0. The zero-order chi connectivity index (χ0) is 14.4. The normalized spacial score (nSPS) is 13.5. The van der Waals surface area contributed by atoms with Crippen LogP contribution in [0.25, 0.3) is 0 Å². The van der Waals surface area contributed by atoms with Gasteiger partial charge in [-0.05, 0) is 17.7 Å². The Morgan fingerprint density at radius 3 is 2.26 bits per heavy atom. The zero-order valence-electron chi connectivity index (χ0n) is 10.8. The molecule has 2 atom stereocenters. The van der Waals surface area contributed by atoms with Gasteiger partial charge in [-0.25, -0.2) is 0 Å². The summed E-state index contributed by atoms with van der Waals surface area (Å²) in [5.41, 5.74) is 0.466. The molecule has 104 valence electrons. The fraction of sp³-hybridized carbons (Fsp3) is 0.385. The number of nitrogens with one attached hydrogen (secondary N) is 1. The van der Waals surface area contributed by atoms with Gasteiger partial charge in [0.25, 0.3) is 0 Å². The van der Waals surface area contributed by atoms with Crippen molar-refractivity contribution in [1.82, 2.24) is 5.32 Å². The van der Waals surface area contributed by atoms with Crippen LogP contribution in [0.3, 0.4) is 0 Å². The molecule has 2 unspecified atom stereocenters. The summed E-state index contributed by atoms with van der Waals surface area (Å²) < 4.78 is 4.85. The van der Waals surface area contributed by atoms with Gasteiger partial charge in [-0.1, -0.05) is 12.1 Å². The van der Waals surface area contributed by atoms with E-state index in [9.17, 15) is 19.8 Å². The molecule has 1 amide bonds. The van der Waals surface area contributed by atoms with Crippen molar-refractivity contribution in [3.05, 3.63) is 29.8 Å². The van der Waals surface area contributed by atoms with Gasteiger partial charge in [0.15, 0.2) is 0 Å². The van der Waals surface area contributed by atoms with Crippen LogP contribution in [0.2, 0.25) is 0 Å². The molecule has 0 radical (unpaired) electrons. The third kappa shape index (κ3) is 5.07. The molecule has 0 fully saturated rings. The Balaban J connectivity index is 2.63. The second kappa shape index (κ2) is 6.86. The van der Waals surface area contributed by atoms with Gasteiger partial charge >= 0.3 is 5.97 Å². The Kier molecular flexibility index (Phi) is 5.47. The van der Waals surface area contributed by atoms with E-state index in [0.29, 0.717) is 11.3 Å². The lowest BCUT2D eigenvalue weighted by Gasteiger charge is -2.18. The summed E-state index contributed by atoms with van der Waals surface area (Å²) in [6.07, 6.45) is -2.23. The molecule has 0 aromatic heterocycles. The van der Waals surface area contributed by atoms with Crippen LogP contribution in [0.4, 0.5) is 0 Å². The molecule has 3 N–H and O–H groups in total. The minimum Gasteiger partial charge on any atom is -0.427 e. The van der Waals surface area contributed by atoms with Gasteiger partial charge in [-0.15, -0.1) is 0 Å². The minimum atomic E-state index is -1.13. The smallest absolute Gasteiger partial charge is 0.308 e. The number of esters is 1. The van der Waals surface area contributed by atoms with E-state index in [2.05, 4.69) is 5.32 Å². The van der Waals surface area contributed by atoms with E-state index in [1.165, 1.54) is 26.0 Å². The van der Waals surface area contributed by atoms with Gasteiger partial charge in [0.1, 0.15) is 18.0 Å². The van der Waals surface area contributed by atoms with Crippen LogP contribution in [0.15, 0.2) is 24.3 Å². The van der Waals surface area contributed by atoms with E-state index in [0.717, 1.165) is 0 Å². The van der Waals surface area contributed by atoms with Crippen molar-refractivity contribution in [3.8, 4) is 5.75 Å². The lowest BCUT2D eigenvalue weighted by atomic mass is 10.0. The highest BCUT2D eigenvalue weighted by atomic mass is 16.5. The van der Waals surface area contributed by atoms with Gasteiger partial charge < -0.3 is 20.3 Å². The predicted molar refractivity (Wildman–Crippen MR) is 67.4 cm³/mol. The van der Waals surface area contributed by atoms with Crippen LogP contribution in [0.1, 0.15) is 25.5 Å². The fourth-order valence-corrected chi connectivity index (χ4v) is 1.48. The number of hydrogen-bond acceptors (Lipinski definition) is 5. The lowest BCUT2D eigenvalue weighted by molar-refractivity contribution is -0.131. The number of carbonyl (C=O) groups excluding carboxylic acids is 2. The van der Waals surface area contributed by atoms with Gasteiger partial charge in [0.05, 0.1) is 0 Å². The largest absolute Gasteiger partial charge is 0.427 e. The van der Waals surface area contributed by atoms with Crippen molar-refractivity contribution < 1.29 is 24.5 Å². The molecule has 0 spiro atoms. The van der Waals surface area contributed by atoms with Crippen molar-refractivity contribution in [3.63, 3.8) is 0 Å². The van der Waals surface area contributed by atoms with E-state index < -0.39 is 18.2 Å². The monoisotopic (exact) mass is 267 g/mol. The van der Waals surface area contributed by atoms with Gasteiger partial charge in [-0.3, -0.25) is 9.59 Å². The molecule has 6 nitrogen and oxygen atoms in total. The molecule has 0 aliphatic rings. The molecule has 0 aliphatic carbocycles. The SMILES string of the molecule is CC(=O)NCC(O)C(O)c1ccc(OC(C)=O)cc1. The van der Waals surface area contributed by atoms with Crippen LogP contribution in [0.5, 0.6) is 5.75 Å². The Morgan fingerprint density at radius 2 is 1.79 bits per heavy atom. The first-order valence-corrected chi connectivity index (χ1v) is 5.79. The molecule has 1 rings (SSSR count). The summed E-state index contributed by atoms with van der Waals surface area (Å²) in [6, 6.07) is 6.12. The van der Waals surface area contributed by atoms with Crippen molar-refractivity contribution in [2.24, 2.45) is 0 Å².